The van der Waals surface area contributed by atoms with Crippen LogP contribution in [0.1, 0.15) is 0 Å². The summed E-state index contributed by atoms with van der Waals surface area (Å²) in [6.07, 6.45) is 0. The SMILES string of the molecule is O=P(OCO)(OCO)SCO. The van der Waals surface area contributed by atoms with E-state index in [9.17, 15) is 4.57 Å². The highest BCUT2D eigenvalue weighted by molar-refractivity contribution is 8.55. The fraction of sp³-hybridized carbons (Fsp3) is 1.00. The number of hydrogen-bond donors (Lipinski definition) is 3. The molecule has 8 heteroatoms. The van der Waals surface area contributed by atoms with Gasteiger partial charge in [0.1, 0.15) is 0 Å². The molecule has 0 aromatic heterocycles. The summed E-state index contributed by atoms with van der Waals surface area (Å²) in [6, 6.07) is 0. The van der Waals surface area contributed by atoms with Gasteiger partial charge in [-0.2, -0.15) is 0 Å². The average Bonchev–Trinajstić information content (AvgIpc) is 1.88. The van der Waals surface area contributed by atoms with Crippen molar-refractivity contribution in [3.05, 3.63) is 0 Å². The Bertz CT molecular complexity index is 116. The highest BCUT2D eigenvalue weighted by Crippen LogP contribution is 2.59. The first-order chi connectivity index (χ1) is 5.18. The molecule has 0 aromatic rings. The molecule has 0 fully saturated rings. The Kier molecular flexibility index (Phi) is 6.16. The zero-order valence-electron chi connectivity index (χ0n) is 5.54. The van der Waals surface area contributed by atoms with Crippen LogP contribution < -0.4 is 0 Å². The summed E-state index contributed by atoms with van der Waals surface area (Å²) in [5.74, 6) is -0.475. The van der Waals surface area contributed by atoms with E-state index in [0.717, 1.165) is 0 Å². The van der Waals surface area contributed by atoms with Crippen molar-refractivity contribution in [2.45, 2.75) is 0 Å². The summed E-state index contributed by atoms with van der Waals surface area (Å²) in [5.41, 5.74) is 0. The van der Waals surface area contributed by atoms with Gasteiger partial charge in [-0.3, -0.25) is 9.05 Å². The van der Waals surface area contributed by atoms with Crippen LogP contribution in [-0.4, -0.2) is 34.8 Å². The minimum absolute atomic E-state index is 0.475. The third-order valence-electron chi connectivity index (χ3n) is 0.648. The van der Waals surface area contributed by atoms with E-state index >= 15 is 0 Å². The third-order valence-corrected chi connectivity index (χ3v) is 3.87. The normalized spacial score (nSPS) is 11.9. The lowest BCUT2D eigenvalue weighted by molar-refractivity contribution is 0.0474. The third kappa shape index (κ3) is 4.76. The molecular weight excluding hydrogens is 195 g/mol. The largest absolute Gasteiger partial charge is 0.395 e. The first kappa shape index (κ1) is 11.4. The molecular formula is C3H9O6PS. The summed E-state index contributed by atoms with van der Waals surface area (Å²) in [5, 5.41) is 24.7. The first-order valence-electron chi connectivity index (χ1n) is 2.55. The topological polar surface area (TPSA) is 96.2 Å². The van der Waals surface area contributed by atoms with E-state index in [4.69, 9.17) is 15.3 Å². The Morgan fingerprint density at radius 3 is 1.91 bits per heavy atom. The van der Waals surface area contributed by atoms with Gasteiger partial charge in [-0.15, -0.1) is 0 Å². The van der Waals surface area contributed by atoms with Crippen LogP contribution in [0.4, 0.5) is 0 Å². The maximum Gasteiger partial charge on any atom is 0.395 e. The standard InChI is InChI=1S/C3H9O6PS/c4-1-8-10(7,9-2-5)11-3-6/h4-6H,1-3H2. The van der Waals surface area contributed by atoms with Crippen LogP contribution in [0.25, 0.3) is 0 Å². The van der Waals surface area contributed by atoms with Crippen LogP contribution in [0, 0.1) is 0 Å². The molecule has 0 aliphatic rings. The molecule has 3 N–H and O–H groups in total. The molecule has 0 atom stereocenters. The van der Waals surface area contributed by atoms with Crippen molar-refractivity contribution in [2.75, 3.05) is 19.5 Å². The zero-order chi connectivity index (χ0) is 8.74. The Morgan fingerprint density at radius 1 is 1.18 bits per heavy atom. The lowest BCUT2D eigenvalue weighted by atomic mass is 11.6. The predicted molar refractivity (Wildman–Crippen MR) is 38.6 cm³/mol. The van der Waals surface area contributed by atoms with Gasteiger partial charge in [0.25, 0.3) is 0 Å². The fourth-order valence-electron chi connectivity index (χ4n) is 0.324. The van der Waals surface area contributed by atoms with Crippen LogP contribution in [0.2, 0.25) is 0 Å². The molecule has 11 heavy (non-hydrogen) atoms. The molecule has 0 saturated heterocycles. The van der Waals surface area contributed by atoms with Crippen molar-refractivity contribution in [2.24, 2.45) is 0 Å². The summed E-state index contributed by atoms with van der Waals surface area (Å²) >= 11 is 0.475. The van der Waals surface area contributed by atoms with Crippen LogP contribution in [0.5, 0.6) is 0 Å². The van der Waals surface area contributed by atoms with E-state index in [1.807, 2.05) is 0 Å². The first-order valence-corrected chi connectivity index (χ1v) is 5.68. The molecule has 68 valence electrons. The molecule has 0 bridgehead atoms. The Hall–Kier alpha value is 0.380. The number of aliphatic hydroxyl groups is 3. The second-order valence-electron chi connectivity index (χ2n) is 1.22. The molecule has 6 nitrogen and oxygen atoms in total. The van der Waals surface area contributed by atoms with Gasteiger partial charge in [-0.25, -0.2) is 4.57 Å². The lowest BCUT2D eigenvalue weighted by Crippen LogP contribution is -1.95. The minimum atomic E-state index is -3.55. The zero-order valence-corrected chi connectivity index (χ0v) is 7.25. The second kappa shape index (κ2) is 5.96. The maximum atomic E-state index is 11.1. The molecule has 0 rings (SSSR count). The predicted octanol–water partition coefficient (Wildman–Crippen LogP) is -0.290. The van der Waals surface area contributed by atoms with E-state index < -0.39 is 26.3 Å². The van der Waals surface area contributed by atoms with Crippen molar-refractivity contribution >= 4 is 18.2 Å². The van der Waals surface area contributed by atoms with E-state index in [-0.39, 0.29) is 0 Å². The van der Waals surface area contributed by atoms with Gasteiger partial charge in [0.2, 0.25) is 0 Å². The van der Waals surface area contributed by atoms with Gasteiger partial charge in [0.15, 0.2) is 13.6 Å². The highest BCUT2D eigenvalue weighted by atomic mass is 32.7. The smallest absolute Gasteiger partial charge is 0.385 e. The van der Waals surface area contributed by atoms with Crippen LogP contribution >= 0.6 is 18.2 Å². The van der Waals surface area contributed by atoms with E-state index in [1.54, 1.807) is 0 Å². The van der Waals surface area contributed by atoms with Gasteiger partial charge in [0.05, 0.1) is 5.94 Å². The quantitative estimate of drug-likeness (QED) is 0.404. The lowest BCUT2D eigenvalue weighted by Gasteiger charge is -2.12. The maximum absolute atomic E-state index is 11.1. The number of hydrogen-bond acceptors (Lipinski definition) is 7. The summed E-state index contributed by atoms with van der Waals surface area (Å²) in [7, 11) is 0. The average molecular weight is 204 g/mol. The van der Waals surface area contributed by atoms with Gasteiger partial charge < -0.3 is 15.3 Å². The Labute approximate surface area is 67.4 Å². The van der Waals surface area contributed by atoms with E-state index in [1.165, 1.54) is 0 Å². The molecule has 0 heterocycles. The molecule has 0 aliphatic carbocycles. The second-order valence-corrected chi connectivity index (χ2v) is 5.27. The number of rotatable bonds is 6. The van der Waals surface area contributed by atoms with Gasteiger partial charge >= 0.3 is 6.80 Å². The van der Waals surface area contributed by atoms with Crippen molar-refractivity contribution in [3.63, 3.8) is 0 Å². The van der Waals surface area contributed by atoms with Crippen LogP contribution in [0.3, 0.4) is 0 Å². The molecule has 0 radical (unpaired) electrons. The fourth-order valence-corrected chi connectivity index (χ4v) is 2.13. The van der Waals surface area contributed by atoms with Gasteiger partial charge in [-0.1, -0.05) is 0 Å². The van der Waals surface area contributed by atoms with E-state index in [2.05, 4.69) is 9.05 Å². The molecule has 0 spiro atoms. The molecule has 0 amide bonds. The minimum Gasteiger partial charge on any atom is -0.385 e. The Balaban J connectivity index is 3.91. The van der Waals surface area contributed by atoms with Gasteiger partial charge in [-0.05, 0) is 11.4 Å². The van der Waals surface area contributed by atoms with Crippen molar-refractivity contribution in [3.8, 4) is 0 Å². The van der Waals surface area contributed by atoms with Gasteiger partial charge in [0, 0.05) is 0 Å². The summed E-state index contributed by atoms with van der Waals surface area (Å²) in [6.45, 7) is -5.13. The summed E-state index contributed by atoms with van der Waals surface area (Å²) in [4.78, 5) is 0. The molecule has 0 aliphatic heterocycles. The van der Waals surface area contributed by atoms with Crippen LogP contribution in [0.15, 0.2) is 0 Å². The van der Waals surface area contributed by atoms with Crippen molar-refractivity contribution < 1.29 is 28.9 Å². The molecule has 0 unspecified atom stereocenters. The van der Waals surface area contributed by atoms with Crippen molar-refractivity contribution in [1.82, 2.24) is 0 Å². The van der Waals surface area contributed by atoms with Crippen LogP contribution in [-0.2, 0) is 13.6 Å². The molecule has 0 saturated carbocycles. The number of aliphatic hydroxyl groups excluding tert-OH is 3. The highest BCUT2D eigenvalue weighted by Gasteiger charge is 2.24. The Morgan fingerprint density at radius 2 is 1.64 bits per heavy atom. The van der Waals surface area contributed by atoms with Crippen molar-refractivity contribution in [1.29, 1.82) is 0 Å². The monoisotopic (exact) mass is 204 g/mol. The van der Waals surface area contributed by atoms with E-state index in [0.29, 0.717) is 11.4 Å². The molecule has 0 aromatic carbocycles. The summed E-state index contributed by atoms with van der Waals surface area (Å²) < 4.78 is 19.5.